The van der Waals surface area contributed by atoms with Crippen molar-refractivity contribution in [3.8, 4) is 0 Å². The van der Waals surface area contributed by atoms with Crippen molar-refractivity contribution in [2.24, 2.45) is 0 Å². The summed E-state index contributed by atoms with van der Waals surface area (Å²) in [6, 6.07) is 5.48. The van der Waals surface area contributed by atoms with Gasteiger partial charge in [0.1, 0.15) is 10.0 Å². The second kappa shape index (κ2) is 5.58. The summed E-state index contributed by atoms with van der Waals surface area (Å²) in [4.78, 5) is 0. The van der Waals surface area contributed by atoms with Crippen molar-refractivity contribution < 1.29 is 12.8 Å². The van der Waals surface area contributed by atoms with Crippen LogP contribution in [-0.2, 0) is 16.6 Å². The van der Waals surface area contributed by atoms with E-state index in [2.05, 4.69) is 20.7 Å². The van der Waals surface area contributed by atoms with E-state index in [0.29, 0.717) is 15.7 Å². The number of halogens is 2. The van der Waals surface area contributed by atoms with E-state index in [4.69, 9.17) is 5.73 Å². The van der Waals surface area contributed by atoms with Crippen molar-refractivity contribution in [1.29, 1.82) is 0 Å². The lowest BCUT2D eigenvalue weighted by atomic mass is 10.2. The monoisotopic (exact) mass is 364 g/mol. The fraction of sp³-hybridized carbons (Fsp3) is 0.0909. The van der Waals surface area contributed by atoms with E-state index in [9.17, 15) is 12.8 Å². The van der Waals surface area contributed by atoms with Crippen molar-refractivity contribution in [3.05, 3.63) is 45.5 Å². The summed E-state index contributed by atoms with van der Waals surface area (Å²) in [7, 11) is -3.62. The molecule has 0 spiro atoms. The highest BCUT2D eigenvalue weighted by atomic mass is 79.9. The first-order chi connectivity index (χ1) is 8.88. The average Bonchev–Trinajstić information content (AvgIpc) is 2.78. The van der Waals surface area contributed by atoms with Gasteiger partial charge in [-0.05, 0) is 29.8 Å². The minimum atomic E-state index is -3.62. The Hall–Kier alpha value is -0.960. The third-order valence-corrected chi connectivity index (χ3v) is 5.95. The molecule has 1 aromatic carbocycles. The Morgan fingerprint density at radius 1 is 1.37 bits per heavy atom. The molecule has 19 heavy (non-hydrogen) atoms. The van der Waals surface area contributed by atoms with Crippen LogP contribution in [0.4, 0.5) is 10.1 Å². The van der Waals surface area contributed by atoms with Crippen LogP contribution in [0.2, 0.25) is 0 Å². The fourth-order valence-electron chi connectivity index (χ4n) is 1.39. The predicted molar refractivity (Wildman–Crippen MR) is 76.9 cm³/mol. The highest BCUT2D eigenvalue weighted by molar-refractivity contribution is 9.10. The van der Waals surface area contributed by atoms with Crippen LogP contribution in [0.25, 0.3) is 0 Å². The molecule has 2 rings (SSSR count). The lowest BCUT2D eigenvalue weighted by molar-refractivity contribution is 0.582. The molecule has 2 aromatic rings. The van der Waals surface area contributed by atoms with Crippen LogP contribution in [0, 0.1) is 5.82 Å². The van der Waals surface area contributed by atoms with E-state index >= 15 is 0 Å². The maximum atomic E-state index is 13.1. The van der Waals surface area contributed by atoms with Crippen LogP contribution in [0.3, 0.4) is 0 Å². The molecule has 3 N–H and O–H groups in total. The van der Waals surface area contributed by atoms with Gasteiger partial charge in [-0.3, -0.25) is 0 Å². The standard InChI is InChI=1S/C11H10BrFN2O2S2/c12-10-2-1-8(13)3-7(10)5-15-19(16,17)11-4-9(14)6-18-11/h1-4,6,15H,5,14H2. The molecule has 0 unspecified atom stereocenters. The molecule has 1 aromatic heterocycles. The molecule has 0 bridgehead atoms. The molecule has 0 amide bonds. The van der Waals surface area contributed by atoms with Crippen molar-refractivity contribution in [3.63, 3.8) is 0 Å². The highest BCUT2D eigenvalue weighted by Gasteiger charge is 2.16. The highest BCUT2D eigenvalue weighted by Crippen LogP contribution is 2.23. The maximum Gasteiger partial charge on any atom is 0.250 e. The number of rotatable bonds is 4. The van der Waals surface area contributed by atoms with Crippen LogP contribution in [0.1, 0.15) is 5.56 Å². The second-order valence-electron chi connectivity index (χ2n) is 3.76. The number of hydrogen-bond donors (Lipinski definition) is 2. The molecule has 0 saturated heterocycles. The zero-order valence-corrected chi connectivity index (χ0v) is 12.8. The number of hydrogen-bond acceptors (Lipinski definition) is 4. The Kier molecular flexibility index (Phi) is 4.24. The van der Waals surface area contributed by atoms with Crippen LogP contribution in [0.5, 0.6) is 0 Å². The van der Waals surface area contributed by atoms with Gasteiger partial charge in [-0.1, -0.05) is 15.9 Å². The number of thiophene rings is 1. The van der Waals surface area contributed by atoms with E-state index in [0.717, 1.165) is 11.3 Å². The molecule has 0 aliphatic heterocycles. The lowest BCUT2D eigenvalue weighted by Gasteiger charge is -2.07. The maximum absolute atomic E-state index is 13.1. The molecule has 0 radical (unpaired) electrons. The molecule has 8 heteroatoms. The van der Waals surface area contributed by atoms with Gasteiger partial charge in [0.25, 0.3) is 0 Å². The summed E-state index contributed by atoms with van der Waals surface area (Å²) in [5.74, 6) is -0.419. The molecular weight excluding hydrogens is 355 g/mol. The Bertz CT molecular complexity index is 700. The number of nitrogens with one attached hydrogen (secondary N) is 1. The first-order valence-electron chi connectivity index (χ1n) is 5.16. The van der Waals surface area contributed by atoms with Gasteiger partial charge in [0.2, 0.25) is 10.0 Å². The molecule has 0 aliphatic carbocycles. The topological polar surface area (TPSA) is 72.2 Å². The van der Waals surface area contributed by atoms with Gasteiger partial charge in [-0.2, -0.15) is 0 Å². The summed E-state index contributed by atoms with van der Waals surface area (Å²) < 4.78 is 40.2. The lowest BCUT2D eigenvalue weighted by Crippen LogP contribution is -2.22. The molecular formula is C11H10BrFN2O2S2. The first-order valence-corrected chi connectivity index (χ1v) is 8.32. The van der Waals surface area contributed by atoms with Crippen LogP contribution < -0.4 is 10.5 Å². The number of anilines is 1. The number of nitrogen functional groups attached to an aromatic ring is 1. The van der Waals surface area contributed by atoms with Crippen molar-refractivity contribution in [2.75, 3.05) is 5.73 Å². The summed E-state index contributed by atoms with van der Waals surface area (Å²) >= 11 is 4.28. The minimum Gasteiger partial charge on any atom is -0.398 e. The van der Waals surface area contributed by atoms with Crippen molar-refractivity contribution in [2.45, 2.75) is 10.8 Å². The molecule has 0 atom stereocenters. The zero-order valence-electron chi connectivity index (χ0n) is 9.56. The quantitative estimate of drug-likeness (QED) is 0.875. The zero-order chi connectivity index (χ0) is 14.0. The van der Waals surface area contributed by atoms with Gasteiger partial charge in [0.05, 0.1) is 0 Å². The van der Waals surface area contributed by atoms with Gasteiger partial charge in [0.15, 0.2) is 0 Å². The Balaban J connectivity index is 2.16. The normalized spacial score (nSPS) is 11.7. The Labute approximate surface area is 122 Å². The number of benzene rings is 1. The van der Waals surface area contributed by atoms with E-state index in [1.54, 1.807) is 5.38 Å². The van der Waals surface area contributed by atoms with E-state index < -0.39 is 15.8 Å². The first kappa shape index (κ1) is 14.4. The summed E-state index contributed by atoms with van der Waals surface area (Å²) in [6.07, 6.45) is 0. The Morgan fingerprint density at radius 3 is 2.74 bits per heavy atom. The molecule has 1 heterocycles. The van der Waals surface area contributed by atoms with E-state index in [1.165, 1.54) is 24.3 Å². The number of nitrogens with two attached hydrogens (primary N) is 1. The Morgan fingerprint density at radius 2 is 2.11 bits per heavy atom. The number of sulfonamides is 1. The largest absolute Gasteiger partial charge is 0.398 e. The second-order valence-corrected chi connectivity index (χ2v) is 7.52. The van der Waals surface area contributed by atoms with Gasteiger partial charge >= 0.3 is 0 Å². The van der Waals surface area contributed by atoms with E-state index in [1.807, 2.05) is 0 Å². The molecule has 0 aliphatic rings. The van der Waals surface area contributed by atoms with Gasteiger partial charge in [0, 0.05) is 22.1 Å². The fourth-order valence-corrected chi connectivity index (χ4v) is 3.91. The SMILES string of the molecule is Nc1csc(S(=O)(=O)NCc2cc(F)ccc2Br)c1. The average molecular weight is 365 g/mol. The molecule has 4 nitrogen and oxygen atoms in total. The van der Waals surface area contributed by atoms with Crippen LogP contribution >= 0.6 is 27.3 Å². The van der Waals surface area contributed by atoms with Gasteiger partial charge in [-0.25, -0.2) is 17.5 Å². The summed E-state index contributed by atoms with van der Waals surface area (Å²) in [5.41, 5.74) is 6.41. The molecule has 0 saturated carbocycles. The molecule has 102 valence electrons. The predicted octanol–water partition coefficient (Wildman–Crippen LogP) is 2.71. The smallest absolute Gasteiger partial charge is 0.250 e. The summed E-state index contributed by atoms with van der Waals surface area (Å²) in [6.45, 7) is -0.00151. The van der Waals surface area contributed by atoms with Gasteiger partial charge in [-0.15, -0.1) is 11.3 Å². The van der Waals surface area contributed by atoms with Crippen LogP contribution in [0.15, 0.2) is 38.3 Å². The van der Waals surface area contributed by atoms with E-state index in [-0.39, 0.29) is 10.8 Å². The van der Waals surface area contributed by atoms with Crippen molar-refractivity contribution in [1.82, 2.24) is 4.72 Å². The van der Waals surface area contributed by atoms with Crippen molar-refractivity contribution >= 4 is 43.0 Å². The summed E-state index contributed by atoms with van der Waals surface area (Å²) in [5, 5.41) is 1.55. The minimum absolute atomic E-state index is 0.00151. The van der Waals surface area contributed by atoms with Gasteiger partial charge < -0.3 is 5.73 Å². The van der Waals surface area contributed by atoms with Crippen LogP contribution in [-0.4, -0.2) is 8.42 Å². The third kappa shape index (κ3) is 3.53. The third-order valence-electron chi connectivity index (χ3n) is 2.32. The molecule has 0 fully saturated rings.